The summed E-state index contributed by atoms with van der Waals surface area (Å²) in [6, 6.07) is 11.4. The molecule has 2 aromatic rings. The zero-order chi connectivity index (χ0) is 14.1. The highest BCUT2D eigenvalue weighted by molar-refractivity contribution is 6.39. The molecule has 1 aliphatic rings. The monoisotopic (exact) mass is 308 g/mol. The van der Waals surface area contributed by atoms with Gasteiger partial charge in [0.15, 0.2) is 0 Å². The minimum Gasteiger partial charge on any atom is -0.491 e. The number of nitrogen functional groups attached to an aromatic ring is 1. The van der Waals surface area contributed by atoms with E-state index < -0.39 is 0 Å². The fraction of sp³-hybridized carbons (Fsp3) is 0.200. The summed E-state index contributed by atoms with van der Waals surface area (Å²) in [6.45, 7) is 2.02. The van der Waals surface area contributed by atoms with Crippen LogP contribution in [0.25, 0.3) is 0 Å². The highest BCUT2D eigenvalue weighted by atomic mass is 35.5. The van der Waals surface area contributed by atoms with Crippen molar-refractivity contribution in [3.8, 4) is 5.75 Å². The summed E-state index contributed by atoms with van der Waals surface area (Å²) in [4.78, 5) is 2.12. The fourth-order valence-electron chi connectivity index (χ4n) is 2.40. The third-order valence-corrected chi connectivity index (χ3v) is 3.88. The Morgan fingerprint density at radius 3 is 2.55 bits per heavy atom. The lowest BCUT2D eigenvalue weighted by Crippen LogP contribution is -2.25. The summed E-state index contributed by atoms with van der Waals surface area (Å²) < 4.78 is 5.75. The van der Waals surface area contributed by atoms with E-state index in [1.165, 1.54) is 0 Å². The van der Waals surface area contributed by atoms with Crippen molar-refractivity contribution in [2.24, 2.45) is 0 Å². The van der Waals surface area contributed by atoms with Crippen molar-refractivity contribution in [2.45, 2.75) is 6.54 Å². The van der Waals surface area contributed by atoms with Gasteiger partial charge < -0.3 is 15.4 Å². The van der Waals surface area contributed by atoms with Crippen LogP contribution in [0.2, 0.25) is 10.0 Å². The number of para-hydroxylation sites is 1. The summed E-state index contributed by atoms with van der Waals surface area (Å²) in [6.07, 6.45) is 0. The fourth-order valence-corrected chi connectivity index (χ4v) is 3.15. The Hall–Kier alpha value is -1.58. The second-order valence-corrected chi connectivity index (χ2v) is 5.53. The van der Waals surface area contributed by atoms with Gasteiger partial charge in [0.25, 0.3) is 0 Å². The third kappa shape index (κ3) is 2.51. The van der Waals surface area contributed by atoms with Crippen LogP contribution in [0.15, 0.2) is 36.4 Å². The standard InChI is InChI=1S/C15H14Cl2N2O/c16-12-7-11(18)8-13(17)15(12)19-5-6-20-14-4-2-1-3-10(14)9-19/h1-4,7-8H,5-6,9,18H2. The average molecular weight is 309 g/mol. The Morgan fingerprint density at radius 1 is 1.10 bits per heavy atom. The molecule has 2 N–H and O–H groups in total. The van der Waals surface area contributed by atoms with Crippen LogP contribution in [-0.2, 0) is 6.54 Å². The molecule has 0 aromatic heterocycles. The van der Waals surface area contributed by atoms with E-state index in [9.17, 15) is 0 Å². The topological polar surface area (TPSA) is 38.5 Å². The molecule has 0 fully saturated rings. The van der Waals surface area contributed by atoms with Crippen molar-refractivity contribution in [1.82, 2.24) is 0 Å². The lowest BCUT2D eigenvalue weighted by Gasteiger charge is -2.24. The van der Waals surface area contributed by atoms with Crippen LogP contribution in [0.4, 0.5) is 11.4 Å². The predicted molar refractivity (Wildman–Crippen MR) is 83.9 cm³/mol. The number of nitrogens with zero attached hydrogens (tertiary/aromatic N) is 1. The zero-order valence-electron chi connectivity index (χ0n) is 10.8. The maximum absolute atomic E-state index is 6.30. The maximum atomic E-state index is 6.30. The first-order valence-electron chi connectivity index (χ1n) is 6.35. The van der Waals surface area contributed by atoms with Gasteiger partial charge >= 0.3 is 0 Å². The first-order valence-corrected chi connectivity index (χ1v) is 7.11. The van der Waals surface area contributed by atoms with Crippen LogP contribution >= 0.6 is 23.2 Å². The van der Waals surface area contributed by atoms with E-state index in [0.29, 0.717) is 28.9 Å². The van der Waals surface area contributed by atoms with Crippen molar-refractivity contribution in [3.63, 3.8) is 0 Å². The lowest BCUT2D eigenvalue weighted by molar-refractivity contribution is 0.331. The molecule has 0 unspecified atom stereocenters. The molecule has 2 aromatic carbocycles. The van der Waals surface area contributed by atoms with Gasteiger partial charge in [0.1, 0.15) is 12.4 Å². The van der Waals surface area contributed by atoms with Gasteiger partial charge in [-0.2, -0.15) is 0 Å². The first-order chi connectivity index (χ1) is 9.65. The smallest absolute Gasteiger partial charge is 0.124 e. The Morgan fingerprint density at radius 2 is 1.80 bits per heavy atom. The van der Waals surface area contributed by atoms with Crippen LogP contribution in [-0.4, -0.2) is 13.2 Å². The van der Waals surface area contributed by atoms with Gasteiger partial charge in [0.2, 0.25) is 0 Å². The number of hydrogen-bond acceptors (Lipinski definition) is 3. The highest BCUT2D eigenvalue weighted by Gasteiger charge is 2.20. The molecule has 3 rings (SSSR count). The minimum atomic E-state index is 0.564. The predicted octanol–water partition coefficient (Wildman–Crippen LogP) is 3.97. The number of hydrogen-bond donors (Lipinski definition) is 1. The molecule has 0 saturated heterocycles. The van der Waals surface area contributed by atoms with E-state index in [4.69, 9.17) is 33.7 Å². The number of rotatable bonds is 1. The molecule has 0 aliphatic carbocycles. The Bertz CT molecular complexity index is 623. The normalized spacial score (nSPS) is 14.4. The molecule has 0 amide bonds. The molecule has 0 saturated carbocycles. The quantitative estimate of drug-likeness (QED) is 0.810. The summed E-state index contributed by atoms with van der Waals surface area (Å²) in [5.41, 5.74) is 8.25. The van der Waals surface area contributed by atoms with E-state index in [1.54, 1.807) is 12.1 Å². The number of anilines is 2. The summed E-state index contributed by atoms with van der Waals surface area (Å²) >= 11 is 12.6. The van der Waals surface area contributed by atoms with Gasteiger partial charge in [0, 0.05) is 17.8 Å². The van der Waals surface area contributed by atoms with Gasteiger partial charge in [-0.1, -0.05) is 41.4 Å². The van der Waals surface area contributed by atoms with Crippen molar-refractivity contribution in [3.05, 3.63) is 52.0 Å². The third-order valence-electron chi connectivity index (χ3n) is 3.31. The molecule has 0 bridgehead atoms. The van der Waals surface area contributed by atoms with Gasteiger partial charge in [-0.3, -0.25) is 0 Å². The molecule has 0 spiro atoms. The lowest BCUT2D eigenvalue weighted by atomic mass is 10.1. The number of nitrogens with two attached hydrogens (primary N) is 1. The number of fused-ring (bicyclic) bond motifs is 1. The first kappa shape index (κ1) is 13.4. The largest absolute Gasteiger partial charge is 0.491 e. The van der Waals surface area contributed by atoms with Crippen molar-refractivity contribution in [2.75, 3.05) is 23.8 Å². The van der Waals surface area contributed by atoms with Crippen molar-refractivity contribution >= 4 is 34.6 Å². The molecule has 1 aliphatic heterocycles. The van der Waals surface area contributed by atoms with E-state index in [0.717, 1.165) is 23.5 Å². The van der Waals surface area contributed by atoms with Gasteiger partial charge in [0.05, 0.1) is 22.3 Å². The number of halogens is 2. The van der Waals surface area contributed by atoms with Gasteiger partial charge in [-0.25, -0.2) is 0 Å². The van der Waals surface area contributed by atoms with Crippen LogP contribution < -0.4 is 15.4 Å². The molecule has 0 atom stereocenters. The molecule has 20 heavy (non-hydrogen) atoms. The zero-order valence-corrected chi connectivity index (χ0v) is 12.3. The molecule has 3 nitrogen and oxygen atoms in total. The van der Waals surface area contributed by atoms with E-state index in [1.807, 2.05) is 24.3 Å². The highest BCUT2D eigenvalue weighted by Crippen LogP contribution is 2.38. The molecule has 0 radical (unpaired) electrons. The van der Waals surface area contributed by atoms with E-state index >= 15 is 0 Å². The Labute approximate surface area is 127 Å². The summed E-state index contributed by atoms with van der Waals surface area (Å²) in [5, 5.41) is 1.13. The molecule has 1 heterocycles. The van der Waals surface area contributed by atoms with Crippen LogP contribution in [0.5, 0.6) is 5.75 Å². The van der Waals surface area contributed by atoms with Gasteiger partial charge in [-0.15, -0.1) is 0 Å². The molecule has 104 valence electrons. The van der Waals surface area contributed by atoms with E-state index in [2.05, 4.69) is 4.90 Å². The Kier molecular flexibility index (Phi) is 3.64. The van der Waals surface area contributed by atoms with Crippen LogP contribution in [0.1, 0.15) is 5.56 Å². The van der Waals surface area contributed by atoms with Crippen molar-refractivity contribution < 1.29 is 4.74 Å². The number of ether oxygens (including phenoxy) is 1. The maximum Gasteiger partial charge on any atom is 0.124 e. The summed E-state index contributed by atoms with van der Waals surface area (Å²) in [7, 11) is 0. The molecule has 5 heteroatoms. The summed E-state index contributed by atoms with van der Waals surface area (Å²) in [5.74, 6) is 0.915. The van der Waals surface area contributed by atoms with E-state index in [-0.39, 0.29) is 0 Å². The van der Waals surface area contributed by atoms with Crippen LogP contribution in [0.3, 0.4) is 0 Å². The average Bonchev–Trinajstić information content (AvgIpc) is 2.59. The SMILES string of the molecule is Nc1cc(Cl)c(N2CCOc3ccccc3C2)c(Cl)c1. The minimum absolute atomic E-state index is 0.564. The van der Waals surface area contributed by atoms with Crippen LogP contribution in [0, 0.1) is 0 Å². The van der Waals surface area contributed by atoms with Crippen molar-refractivity contribution in [1.29, 1.82) is 0 Å². The second kappa shape index (κ2) is 5.43. The Balaban J connectivity index is 2.00. The van der Waals surface area contributed by atoms with Gasteiger partial charge in [-0.05, 0) is 18.2 Å². The number of benzene rings is 2. The second-order valence-electron chi connectivity index (χ2n) is 4.71. The molecular formula is C15H14Cl2N2O. The molecular weight excluding hydrogens is 295 g/mol.